The summed E-state index contributed by atoms with van der Waals surface area (Å²) in [5.74, 6) is 0.790. The van der Waals surface area contributed by atoms with Crippen LogP contribution in [0.1, 0.15) is 5.56 Å². The van der Waals surface area contributed by atoms with Gasteiger partial charge in [0.1, 0.15) is 5.75 Å². The van der Waals surface area contributed by atoms with Gasteiger partial charge in [-0.05, 0) is 42.0 Å². The Morgan fingerprint density at radius 1 is 1.17 bits per heavy atom. The molecule has 0 radical (unpaired) electrons. The first-order valence-electron chi connectivity index (χ1n) is 7.52. The van der Waals surface area contributed by atoms with Crippen LogP contribution >= 0.6 is 0 Å². The number of carbonyl (C=O) groups is 1. The zero-order valence-electron chi connectivity index (χ0n) is 13.3. The standard InChI is InChI=1S/C18H18N4O2/c1-24-17-8-6-14(7-9-17)13-19-18(23)21-15-4-2-5-16(12-15)22-11-3-10-20-22/h2-12H,13H2,1H3,(H2,19,21,23). The molecule has 2 N–H and O–H groups in total. The lowest BCUT2D eigenvalue weighted by Crippen LogP contribution is -2.28. The molecular formula is C18H18N4O2. The summed E-state index contributed by atoms with van der Waals surface area (Å²) in [5.41, 5.74) is 2.58. The van der Waals surface area contributed by atoms with Crippen molar-refractivity contribution in [1.29, 1.82) is 0 Å². The molecule has 2 amide bonds. The minimum atomic E-state index is -0.261. The molecule has 3 rings (SSSR count). The van der Waals surface area contributed by atoms with E-state index >= 15 is 0 Å². The van der Waals surface area contributed by atoms with E-state index in [9.17, 15) is 4.79 Å². The lowest BCUT2D eigenvalue weighted by Gasteiger charge is -2.09. The number of methoxy groups -OCH3 is 1. The van der Waals surface area contributed by atoms with Gasteiger partial charge in [-0.25, -0.2) is 9.48 Å². The minimum Gasteiger partial charge on any atom is -0.497 e. The van der Waals surface area contributed by atoms with Crippen molar-refractivity contribution in [2.24, 2.45) is 0 Å². The fraction of sp³-hybridized carbons (Fsp3) is 0.111. The van der Waals surface area contributed by atoms with Gasteiger partial charge in [0.25, 0.3) is 0 Å². The Bertz CT molecular complexity index is 798. The molecule has 0 atom stereocenters. The van der Waals surface area contributed by atoms with Crippen molar-refractivity contribution in [1.82, 2.24) is 15.1 Å². The zero-order valence-corrected chi connectivity index (χ0v) is 13.3. The SMILES string of the molecule is COc1ccc(CNC(=O)Nc2cccc(-n3cccn3)c2)cc1. The molecule has 24 heavy (non-hydrogen) atoms. The number of anilines is 1. The lowest BCUT2D eigenvalue weighted by molar-refractivity contribution is 0.251. The van der Waals surface area contributed by atoms with Crippen LogP contribution in [-0.2, 0) is 6.54 Å². The van der Waals surface area contributed by atoms with Gasteiger partial charge in [0.05, 0.1) is 12.8 Å². The quantitative estimate of drug-likeness (QED) is 0.758. The summed E-state index contributed by atoms with van der Waals surface area (Å²) < 4.78 is 6.85. The van der Waals surface area contributed by atoms with Crippen LogP contribution in [-0.4, -0.2) is 22.9 Å². The third-order valence-electron chi connectivity index (χ3n) is 3.49. The van der Waals surface area contributed by atoms with Gasteiger partial charge in [-0.15, -0.1) is 0 Å². The number of ether oxygens (including phenoxy) is 1. The number of carbonyl (C=O) groups excluding carboxylic acids is 1. The maximum absolute atomic E-state index is 12.0. The number of nitrogens with zero attached hydrogens (tertiary/aromatic N) is 2. The zero-order chi connectivity index (χ0) is 16.8. The number of nitrogens with one attached hydrogen (secondary N) is 2. The van der Waals surface area contributed by atoms with Crippen LogP contribution in [0.5, 0.6) is 5.75 Å². The molecule has 0 fully saturated rings. The summed E-state index contributed by atoms with van der Waals surface area (Å²) in [5, 5.41) is 9.82. The molecule has 6 nitrogen and oxygen atoms in total. The van der Waals surface area contributed by atoms with E-state index in [4.69, 9.17) is 4.74 Å². The fourth-order valence-corrected chi connectivity index (χ4v) is 2.25. The molecule has 2 aromatic carbocycles. The molecule has 1 heterocycles. The topological polar surface area (TPSA) is 68.2 Å². The number of rotatable bonds is 5. The molecule has 0 spiro atoms. The Balaban J connectivity index is 1.57. The van der Waals surface area contributed by atoms with Gasteiger partial charge in [-0.3, -0.25) is 0 Å². The normalized spacial score (nSPS) is 10.2. The average molecular weight is 322 g/mol. The van der Waals surface area contributed by atoms with Gasteiger partial charge in [0.2, 0.25) is 0 Å². The first kappa shape index (κ1) is 15.6. The number of hydrogen-bond acceptors (Lipinski definition) is 3. The van der Waals surface area contributed by atoms with Gasteiger partial charge in [-0.2, -0.15) is 5.10 Å². The van der Waals surface area contributed by atoms with Gasteiger partial charge in [-0.1, -0.05) is 18.2 Å². The van der Waals surface area contributed by atoms with Crippen molar-refractivity contribution in [3.05, 3.63) is 72.6 Å². The summed E-state index contributed by atoms with van der Waals surface area (Å²) in [4.78, 5) is 12.0. The molecule has 1 aromatic heterocycles. The molecule has 6 heteroatoms. The van der Waals surface area contributed by atoms with Gasteiger partial charge < -0.3 is 15.4 Å². The fourth-order valence-electron chi connectivity index (χ4n) is 2.25. The summed E-state index contributed by atoms with van der Waals surface area (Å²) in [7, 11) is 1.62. The number of benzene rings is 2. The largest absolute Gasteiger partial charge is 0.497 e. The molecule has 0 aliphatic carbocycles. The molecule has 0 aliphatic heterocycles. The van der Waals surface area contributed by atoms with Crippen LogP contribution in [0.3, 0.4) is 0 Å². The van der Waals surface area contributed by atoms with E-state index in [1.165, 1.54) is 0 Å². The highest BCUT2D eigenvalue weighted by Gasteiger charge is 2.04. The summed E-state index contributed by atoms with van der Waals surface area (Å²) >= 11 is 0. The summed E-state index contributed by atoms with van der Waals surface area (Å²) in [6, 6.07) is 16.6. The lowest BCUT2D eigenvalue weighted by atomic mass is 10.2. The molecule has 0 bridgehead atoms. The second-order valence-electron chi connectivity index (χ2n) is 5.16. The highest BCUT2D eigenvalue weighted by Crippen LogP contribution is 2.14. The van der Waals surface area contributed by atoms with E-state index in [1.807, 2.05) is 60.8 Å². The molecule has 3 aromatic rings. The first-order valence-corrected chi connectivity index (χ1v) is 7.52. The van der Waals surface area contributed by atoms with Crippen LogP contribution in [0.2, 0.25) is 0 Å². The second kappa shape index (κ2) is 7.32. The van der Waals surface area contributed by atoms with Gasteiger partial charge >= 0.3 is 6.03 Å². The van der Waals surface area contributed by atoms with E-state index in [0.29, 0.717) is 12.2 Å². The monoisotopic (exact) mass is 322 g/mol. The maximum Gasteiger partial charge on any atom is 0.319 e. The second-order valence-corrected chi connectivity index (χ2v) is 5.16. The van der Waals surface area contributed by atoms with Crippen LogP contribution < -0.4 is 15.4 Å². The molecular weight excluding hydrogens is 304 g/mol. The van der Waals surface area contributed by atoms with Crippen molar-refractivity contribution in [3.8, 4) is 11.4 Å². The first-order chi connectivity index (χ1) is 11.7. The van der Waals surface area contributed by atoms with Crippen molar-refractivity contribution < 1.29 is 9.53 Å². The minimum absolute atomic E-state index is 0.261. The smallest absolute Gasteiger partial charge is 0.319 e. The molecule has 122 valence electrons. The number of hydrogen-bond donors (Lipinski definition) is 2. The third kappa shape index (κ3) is 3.92. The number of urea groups is 1. The van der Waals surface area contributed by atoms with E-state index in [0.717, 1.165) is 17.0 Å². The van der Waals surface area contributed by atoms with E-state index in [1.54, 1.807) is 18.0 Å². The van der Waals surface area contributed by atoms with Crippen LogP contribution in [0.15, 0.2) is 67.0 Å². The Morgan fingerprint density at radius 3 is 2.71 bits per heavy atom. The van der Waals surface area contributed by atoms with Crippen molar-refractivity contribution >= 4 is 11.7 Å². The van der Waals surface area contributed by atoms with Crippen molar-refractivity contribution in [3.63, 3.8) is 0 Å². The van der Waals surface area contributed by atoms with E-state index in [-0.39, 0.29) is 6.03 Å². The van der Waals surface area contributed by atoms with Crippen LogP contribution in [0, 0.1) is 0 Å². The molecule has 0 aliphatic rings. The Labute approximate surface area is 140 Å². The predicted molar refractivity (Wildman–Crippen MR) is 92.4 cm³/mol. The maximum atomic E-state index is 12.0. The van der Waals surface area contributed by atoms with E-state index < -0.39 is 0 Å². The van der Waals surface area contributed by atoms with Crippen LogP contribution in [0.4, 0.5) is 10.5 Å². The van der Waals surface area contributed by atoms with Gasteiger partial charge in [0.15, 0.2) is 0 Å². The highest BCUT2D eigenvalue weighted by molar-refractivity contribution is 5.89. The Kier molecular flexibility index (Phi) is 4.76. The van der Waals surface area contributed by atoms with Crippen molar-refractivity contribution in [2.75, 3.05) is 12.4 Å². The molecule has 0 saturated carbocycles. The summed E-state index contributed by atoms with van der Waals surface area (Å²) in [6.07, 6.45) is 3.56. The Morgan fingerprint density at radius 2 is 2.00 bits per heavy atom. The number of aromatic nitrogens is 2. The van der Waals surface area contributed by atoms with E-state index in [2.05, 4.69) is 15.7 Å². The predicted octanol–water partition coefficient (Wildman–Crippen LogP) is 3.20. The number of amides is 2. The Hall–Kier alpha value is -3.28. The third-order valence-corrected chi connectivity index (χ3v) is 3.49. The molecule has 0 unspecified atom stereocenters. The summed E-state index contributed by atoms with van der Waals surface area (Å²) in [6.45, 7) is 0.439. The van der Waals surface area contributed by atoms with Crippen molar-refractivity contribution in [2.45, 2.75) is 6.54 Å². The molecule has 0 saturated heterocycles. The highest BCUT2D eigenvalue weighted by atomic mass is 16.5. The van der Waals surface area contributed by atoms with Gasteiger partial charge in [0, 0.05) is 24.6 Å². The van der Waals surface area contributed by atoms with Crippen LogP contribution in [0.25, 0.3) is 5.69 Å². The average Bonchev–Trinajstić information content (AvgIpc) is 3.15.